The van der Waals surface area contributed by atoms with Crippen LogP contribution < -0.4 is 20.5 Å². The first kappa shape index (κ1) is 16.3. The fourth-order valence-corrected chi connectivity index (χ4v) is 3.44. The number of nitrogens with two attached hydrogens (primary N) is 1. The second-order valence-corrected chi connectivity index (χ2v) is 6.21. The first-order valence-electron chi connectivity index (χ1n) is 8.45. The highest BCUT2D eigenvalue weighted by Gasteiger charge is 2.31. The number of rotatable bonds is 4. The molecule has 0 saturated carbocycles. The molecule has 0 radical (unpaired) electrons. The summed E-state index contributed by atoms with van der Waals surface area (Å²) in [5, 5.41) is 7.82. The van der Waals surface area contributed by atoms with Crippen LogP contribution in [0.15, 0.2) is 48.5 Å². The van der Waals surface area contributed by atoms with E-state index in [0.29, 0.717) is 17.4 Å². The Bertz CT molecular complexity index is 910. The van der Waals surface area contributed by atoms with Gasteiger partial charge in [0.15, 0.2) is 11.5 Å². The molecule has 2 heterocycles. The van der Waals surface area contributed by atoms with Crippen molar-refractivity contribution < 1.29 is 9.47 Å². The molecule has 0 amide bonds. The first-order chi connectivity index (χ1) is 12.7. The van der Waals surface area contributed by atoms with Gasteiger partial charge in [0.1, 0.15) is 0 Å². The first-order valence-corrected chi connectivity index (χ1v) is 8.45. The van der Waals surface area contributed by atoms with E-state index in [4.69, 9.17) is 15.2 Å². The molecule has 0 aliphatic carbocycles. The number of nitrogen functional groups attached to an aromatic ring is 1. The van der Waals surface area contributed by atoms with E-state index in [0.717, 1.165) is 12.0 Å². The lowest BCUT2D eigenvalue weighted by Crippen LogP contribution is -2.28. The molecule has 0 fully saturated rings. The summed E-state index contributed by atoms with van der Waals surface area (Å²) in [7, 11) is 3.26. The lowest BCUT2D eigenvalue weighted by atomic mass is 9.93. The van der Waals surface area contributed by atoms with Gasteiger partial charge in [0, 0.05) is 0 Å². The van der Waals surface area contributed by atoms with E-state index in [1.54, 1.807) is 14.2 Å². The van der Waals surface area contributed by atoms with E-state index in [2.05, 4.69) is 27.5 Å². The lowest BCUT2D eigenvalue weighted by molar-refractivity contribution is 0.352. The molecule has 26 heavy (non-hydrogen) atoms. The molecule has 1 aliphatic heterocycles. The SMILES string of the molecule is COc1ccc([C@@H]2C[C@@H](c3ccccc3)Nc3nc(N)nn32)cc1OC. The van der Waals surface area contributed by atoms with Gasteiger partial charge in [-0.05, 0) is 29.7 Å². The van der Waals surface area contributed by atoms with Gasteiger partial charge < -0.3 is 20.5 Å². The number of nitrogens with one attached hydrogen (secondary N) is 1. The zero-order chi connectivity index (χ0) is 18.1. The molecule has 3 aromatic rings. The topological polar surface area (TPSA) is 87.2 Å². The van der Waals surface area contributed by atoms with Crippen LogP contribution in [0.1, 0.15) is 29.6 Å². The summed E-state index contributed by atoms with van der Waals surface area (Å²) < 4.78 is 12.7. The third-order valence-corrected chi connectivity index (χ3v) is 4.70. The van der Waals surface area contributed by atoms with Gasteiger partial charge in [0.25, 0.3) is 0 Å². The van der Waals surface area contributed by atoms with Crippen molar-refractivity contribution in [1.82, 2.24) is 14.8 Å². The van der Waals surface area contributed by atoms with Gasteiger partial charge in [-0.3, -0.25) is 0 Å². The minimum absolute atomic E-state index is 0.0129. The maximum absolute atomic E-state index is 5.86. The molecule has 1 aliphatic rings. The smallest absolute Gasteiger partial charge is 0.241 e. The van der Waals surface area contributed by atoms with Crippen molar-refractivity contribution >= 4 is 11.9 Å². The summed E-state index contributed by atoms with van der Waals surface area (Å²) in [5.41, 5.74) is 8.12. The summed E-state index contributed by atoms with van der Waals surface area (Å²) in [6, 6.07) is 16.3. The number of ether oxygens (including phenoxy) is 2. The van der Waals surface area contributed by atoms with E-state index in [1.807, 2.05) is 41.1 Å². The van der Waals surface area contributed by atoms with Crippen LogP contribution in [-0.4, -0.2) is 29.0 Å². The molecule has 7 nitrogen and oxygen atoms in total. The van der Waals surface area contributed by atoms with Crippen molar-refractivity contribution in [1.29, 1.82) is 0 Å². The fourth-order valence-electron chi connectivity index (χ4n) is 3.44. The Morgan fingerprint density at radius 1 is 1.04 bits per heavy atom. The van der Waals surface area contributed by atoms with Gasteiger partial charge in [-0.15, -0.1) is 5.10 Å². The summed E-state index contributed by atoms with van der Waals surface area (Å²) >= 11 is 0. The molecule has 3 N–H and O–H groups in total. The van der Waals surface area contributed by atoms with Crippen LogP contribution in [0.2, 0.25) is 0 Å². The Morgan fingerprint density at radius 3 is 2.54 bits per heavy atom. The molecular formula is C19H21N5O2. The second kappa shape index (κ2) is 6.59. The highest BCUT2D eigenvalue weighted by Crippen LogP contribution is 2.40. The second-order valence-electron chi connectivity index (χ2n) is 6.21. The molecule has 0 saturated heterocycles. The number of hydrogen-bond donors (Lipinski definition) is 2. The predicted molar refractivity (Wildman–Crippen MR) is 99.5 cm³/mol. The number of fused-ring (bicyclic) bond motifs is 1. The summed E-state index contributed by atoms with van der Waals surface area (Å²) in [6.07, 6.45) is 0.815. The summed E-state index contributed by atoms with van der Waals surface area (Å²) in [5.74, 6) is 2.31. The molecule has 0 bridgehead atoms. The summed E-state index contributed by atoms with van der Waals surface area (Å²) in [4.78, 5) is 4.34. The molecule has 4 rings (SSSR count). The van der Waals surface area contributed by atoms with Crippen molar-refractivity contribution in [3.63, 3.8) is 0 Å². The van der Waals surface area contributed by atoms with Crippen LogP contribution in [0.3, 0.4) is 0 Å². The zero-order valence-electron chi connectivity index (χ0n) is 14.7. The van der Waals surface area contributed by atoms with Crippen LogP contribution >= 0.6 is 0 Å². The van der Waals surface area contributed by atoms with Gasteiger partial charge in [0.2, 0.25) is 11.9 Å². The Labute approximate surface area is 151 Å². The highest BCUT2D eigenvalue weighted by molar-refractivity contribution is 5.47. The molecule has 1 aromatic heterocycles. The lowest BCUT2D eigenvalue weighted by Gasteiger charge is -2.32. The third-order valence-electron chi connectivity index (χ3n) is 4.70. The Balaban J connectivity index is 1.76. The maximum Gasteiger partial charge on any atom is 0.241 e. The molecule has 0 spiro atoms. The van der Waals surface area contributed by atoms with Crippen molar-refractivity contribution in [2.75, 3.05) is 25.3 Å². The van der Waals surface area contributed by atoms with Crippen molar-refractivity contribution in [3.05, 3.63) is 59.7 Å². The van der Waals surface area contributed by atoms with Gasteiger partial charge in [-0.25, -0.2) is 4.68 Å². The largest absolute Gasteiger partial charge is 0.493 e. The molecule has 7 heteroatoms. The zero-order valence-corrected chi connectivity index (χ0v) is 14.7. The number of anilines is 2. The van der Waals surface area contributed by atoms with E-state index in [1.165, 1.54) is 5.56 Å². The van der Waals surface area contributed by atoms with Crippen LogP contribution in [0.5, 0.6) is 11.5 Å². The Hall–Kier alpha value is -3.22. The Kier molecular flexibility index (Phi) is 4.12. The van der Waals surface area contributed by atoms with Crippen LogP contribution in [-0.2, 0) is 0 Å². The molecule has 0 unspecified atom stereocenters. The number of methoxy groups -OCH3 is 2. The number of aromatic nitrogens is 3. The summed E-state index contributed by atoms with van der Waals surface area (Å²) in [6.45, 7) is 0. The Morgan fingerprint density at radius 2 is 1.81 bits per heavy atom. The van der Waals surface area contributed by atoms with E-state index in [-0.39, 0.29) is 18.0 Å². The van der Waals surface area contributed by atoms with Gasteiger partial charge >= 0.3 is 0 Å². The molecule has 2 aromatic carbocycles. The average Bonchev–Trinajstić information content (AvgIpc) is 3.07. The standard InChI is InChI=1S/C19H21N5O2/c1-25-16-9-8-13(10-17(16)26-2)15-11-14(12-6-4-3-5-7-12)21-19-22-18(20)23-24(15)19/h3-10,14-15H,11H2,1-2H3,(H3,20,21,22,23)/t14-,15-/m0/s1. The minimum Gasteiger partial charge on any atom is -0.493 e. The fraction of sp³-hybridized carbons (Fsp3) is 0.263. The van der Waals surface area contributed by atoms with Gasteiger partial charge in [-0.1, -0.05) is 36.4 Å². The normalized spacial score (nSPS) is 18.7. The van der Waals surface area contributed by atoms with Crippen LogP contribution in [0.25, 0.3) is 0 Å². The van der Waals surface area contributed by atoms with Crippen molar-refractivity contribution in [3.8, 4) is 11.5 Å². The predicted octanol–water partition coefficient (Wildman–Crippen LogP) is 3.02. The molecule has 2 atom stereocenters. The van der Waals surface area contributed by atoms with E-state index < -0.39 is 0 Å². The monoisotopic (exact) mass is 351 g/mol. The number of benzene rings is 2. The maximum atomic E-state index is 5.86. The van der Waals surface area contributed by atoms with Crippen LogP contribution in [0.4, 0.5) is 11.9 Å². The van der Waals surface area contributed by atoms with E-state index >= 15 is 0 Å². The number of nitrogens with zero attached hydrogens (tertiary/aromatic N) is 3. The third kappa shape index (κ3) is 2.81. The molecule has 134 valence electrons. The van der Waals surface area contributed by atoms with Crippen molar-refractivity contribution in [2.24, 2.45) is 0 Å². The van der Waals surface area contributed by atoms with Gasteiger partial charge in [0.05, 0.1) is 26.3 Å². The minimum atomic E-state index is -0.0129. The molecular weight excluding hydrogens is 330 g/mol. The average molecular weight is 351 g/mol. The van der Waals surface area contributed by atoms with Crippen LogP contribution in [0, 0.1) is 0 Å². The van der Waals surface area contributed by atoms with Crippen molar-refractivity contribution in [2.45, 2.75) is 18.5 Å². The number of hydrogen-bond acceptors (Lipinski definition) is 6. The quantitative estimate of drug-likeness (QED) is 0.751. The van der Waals surface area contributed by atoms with Gasteiger partial charge in [-0.2, -0.15) is 4.98 Å². The van der Waals surface area contributed by atoms with E-state index in [9.17, 15) is 0 Å². The highest BCUT2D eigenvalue weighted by atomic mass is 16.5.